The highest BCUT2D eigenvalue weighted by atomic mass is 32.2. The highest BCUT2D eigenvalue weighted by molar-refractivity contribution is 7.90. The third-order valence-corrected chi connectivity index (χ3v) is 7.01. The molecule has 0 bridgehead atoms. The van der Waals surface area contributed by atoms with Crippen molar-refractivity contribution in [3.05, 3.63) is 89.1 Å². The molecular formula is C25H18F4N6O2S. The van der Waals surface area contributed by atoms with Gasteiger partial charge in [-0.25, -0.2) is 26.0 Å². The van der Waals surface area contributed by atoms with Crippen molar-refractivity contribution in [1.29, 1.82) is 0 Å². The molecule has 2 heterocycles. The number of sulfone groups is 1. The lowest BCUT2D eigenvalue weighted by atomic mass is 10.1. The molecule has 0 saturated heterocycles. The molecule has 0 fully saturated rings. The van der Waals surface area contributed by atoms with Gasteiger partial charge in [-0.3, -0.25) is 0 Å². The summed E-state index contributed by atoms with van der Waals surface area (Å²) in [5.41, 5.74) is 12.6. The first kappa shape index (κ1) is 25.1. The molecule has 8 nitrogen and oxygen atoms in total. The topological polar surface area (TPSA) is 130 Å². The van der Waals surface area contributed by atoms with Crippen LogP contribution in [0.25, 0.3) is 28.0 Å². The number of hydrogen-bond acceptors (Lipinski definition) is 7. The summed E-state index contributed by atoms with van der Waals surface area (Å²) < 4.78 is 81.7. The minimum Gasteiger partial charge on any atom is -0.383 e. The van der Waals surface area contributed by atoms with E-state index in [1.165, 1.54) is 28.9 Å². The molecule has 5 aromatic rings. The average molecular weight is 543 g/mol. The zero-order chi connectivity index (χ0) is 27.4. The maximum atomic E-state index is 14.4. The first-order valence-electron chi connectivity index (χ1n) is 11.0. The van der Waals surface area contributed by atoms with E-state index in [1.54, 1.807) is 6.07 Å². The molecule has 0 spiro atoms. The quantitative estimate of drug-likeness (QED) is 0.252. The van der Waals surface area contributed by atoms with Crippen molar-refractivity contribution in [1.82, 2.24) is 19.7 Å². The molecule has 0 aliphatic heterocycles. The number of benzene rings is 3. The lowest BCUT2D eigenvalue weighted by Gasteiger charge is -2.11. The second-order valence-electron chi connectivity index (χ2n) is 8.49. The molecule has 0 saturated carbocycles. The van der Waals surface area contributed by atoms with Gasteiger partial charge >= 0.3 is 0 Å². The fourth-order valence-electron chi connectivity index (χ4n) is 4.09. The Morgan fingerprint density at radius 2 is 1.58 bits per heavy atom. The Kier molecular flexibility index (Phi) is 6.02. The van der Waals surface area contributed by atoms with Crippen LogP contribution in [-0.4, -0.2) is 34.4 Å². The smallest absolute Gasteiger partial charge is 0.255 e. The number of hydrogen-bond donors (Lipinski definition) is 2. The fourth-order valence-corrected chi connectivity index (χ4v) is 4.76. The highest BCUT2D eigenvalue weighted by Crippen LogP contribution is 2.33. The molecule has 0 aliphatic carbocycles. The molecule has 0 aliphatic rings. The van der Waals surface area contributed by atoms with Crippen molar-refractivity contribution in [3.8, 4) is 17.1 Å². The lowest BCUT2D eigenvalue weighted by Crippen LogP contribution is -2.10. The van der Waals surface area contributed by atoms with Crippen molar-refractivity contribution in [2.75, 3.05) is 17.7 Å². The van der Waals surface area contributed by atoms with Gasteiger partial charge in [0.15, 0.2) is 21.5 Å². The molecule has 4 N–H and O–H groups in total. The number of nitrogen functional groups attached to an aromatic ring is 2. The van der Waals surface area contributed by atoms with Crippen molar-refractivity contribution in [3.63, 3.8) is 0 Å². The van der Waals surface area contributed by atoms with Crippen LogP contribution >= 0.6 is 0 Å². The normalized spacial score (nSPS) is 11.8. The molecule has 2 aromatic heterocycles. The summed E-state index contributed by atoms with van der Waals surface area (Å²) in [7, 11) is -3.51. The lowest BCUT2D eigenvalue weighted by molar-refractivity contribution is 0.482. The maximum absolute atomic E-state index is 14.4. The molecule has 5 rings (SSSR count). The van der Waals surface area contributed by atoms with Crippen molar-refractivity contribution >= 4 is 32.4 Å². The van der Waals surface area contributed by atoms with Crippen LogP contribution in [0, 0.1) is 23.3 Å². The van der Waals surface area contributed by atoms with Gasteiger partial charge in [-0.15, -0.1) is 0 Å². The van der Waals surface area contributed by atoms with Crippen LogP contribution in [0.2, 0.25) is 0 Å². The maximum Gasteiger partial charge on any atom is 0.255 e. The monoisotopic (exact) mass is 542 g/mol. The van der Waals surface area contributed by atoms with Crippen LogP contribution < -0.4 is 11.5 Å². The number of rotatable bonds is 5. The third-order valence-electron chi connectivity index (χ3n) is 5.90. The van der Waals surface area contributed by atoms with E-state index in [9.17, 15) is 26.0 Å². The predicted molar refractivity (Wildman–Crippen MR) is 133 cm³/mol. The van der Waals surface area contributed by atoms with Crippen LogP contribution in [0.3, 0.4) is 0 Å². The van der Waals surface area contributed by atoms with Gasteiger partial charge in [-0.05, 0) is 48.0 Å². The SMILES string of the molecule is CS(=O)(=O)c1cccc(-c2c(N)nc(-n3nc(Cc4c(F)ccc(F)c4F)c4cc(F)ccc43)nc2N)c1. The van der Waals surface area contributed by atoms with Gasteiger partial charge < -0.3 is 11.5 Å². The summed E-state index contributed by atoms with van der Waals surface area (Å²) >= 11 is 0. The Morgan fingerprint density at radius 1 is 0.895 bits per heavy atom. The van der Waals surface area contributed by atoms with Crippen molar-refractivity contribution < 1.29 is 26.0 Å². The number of anilines is 2. The van der Waals surface area contributed by atoms with E-state index in [-0.39, 0.29) is 44.6 Å². The van der Waals surface area contributed by atoms with Gasteiger partial charge in [-0.2, -0.15) is 19.7 Å². The zero-order valence-corrected chi connectivity index (χ0v) is 20.4. The van der Waals surface area contributed by atoms with Gasteiger partial charge in [0.2, 0.25) is 0 Å². The van der Waals surface area contributed by atoms with Gasteiger partial charge in [0.1, 0.15) is 23.3 Å². The summed E-state index contributed by atoms with van der Waals surface area (Å²) in [5.74, 6) is -4.59. The Bertz CT molecular complexity index is 1830. The van der Waals surface area contributed by atoms with Gasteiger partial charge in [0.25, 0.3) is 5.95 Å². The van der Waals surface area contributed by atoms with Crippen LogP contribution in [-0.2, 0) is 16.3 Å². The van der Waals surface area contributed by atoms with E-state index in [1.807, 2.05) is 0 Å². The number of aromatic nitrogens is 4. The van der Waals surface area contributed by atoms with Crippen LogP contribution in [0.15, 0.2) is 59.5 Å². The molecule has 13 heteroatoms. The Balaban J connectivity index is 1.65. The average Bonchev–Trinajstić information content (AvgIpc) is 3.21. The van der Waals surface area contributed by atoms with Gasteiger partial charge in [0.05, 0.1) is 21.7 Å². The van der Waals surface area contributed by atoms with Crippen LogP contribution in [0.4, 0.5) is 29.2 Å². The third kappa shape index (κ3) is 4.41. The minimum atomic E-state index is -3.51. The first-order chi connectivity index (χ1) is 17.9. The van der Waals surface area contributed by atoms with Crippen LogP contribution in [0.1, 0.15) is 11.3 Å². The summed E-state index contributed by atoms with van der Waals surface area (Å²) in [6.07, 6.45) is 0.562. The van der Waals surface area contributed by atoms with E-state index in [0.29, 0.717) is 11.6 Å². The molecule has 38 heavy (non-hydrogen) atoms. The van der Waals surface area contributed by atoms with E-state index in [0.717, 1.165) is 24.5 Å². The second-order valence-corrected chi connectivity index (χ2v) is 10.5. The minimum absolute atomic E-state index is 0.0218. The van der Waals surface area contributed by atoms with E-state index in [4.69, 9.17) is 11.5 Å². The number of fused-ring (bicyclic) bond motifs is 1. The molecule has 194 valence electrons. The molecule has 3 aromatic carbocycles. The summed E-state index contributed by atoms with van der Waals surface area (Å²) in [4.78, 5) is 8.54. The van der Waals surface area contributed by atoms with E-state index >= 15 is 0 Å². The van der Waals surface area contributed by atoms with E-state index in [2.05, 4.69) is 15.1 Å². The number of nitrogens with zero attached hydrogens (tertiary/aromatic N) is 4. The standard InChI is InChI=1S/C25H18F4N6O2S/c1-38(36,37)14-4-2-3-12(9-14)21-23(30)32-25(33-24(21)31)35-20-8-5-13(26)10-16(20)19(34-35)11-15-17(27)6-7-18(28)22(15)29/h2-10H,11H2,1H3,(H4,30,31,32,33). The number of nitrogens with two attached hydrogens (primary N) is 2. The Morgan fingerprint density at radius 3 is 2.26 bits per heavy atom. The van der Waals surface area contributed by atoms with E-state index < -0.39 is 45.1 Å². The van der Waals surface area contributed by atoms with Crippen molar-refractivity contribution in [2.24, 2.45) is 0 Å². The molecule has 0 atom stereocenters. The highest BCUT2D eigenvalue weighted by Gasteiger charge is 2.22. The summed E-state index contributed by atoms with van der Waals surface area (Å²) in [5, 5.41) is 4.50. The predicted octanol–water partition coefficient (Wildman–Crippen LogP) is 4.20. The molecule has 0 radical (unpaired) electrons. The summed E-state index contributed by atoms with van der Waals surface area (Å²) in [6, 6.07) is 11.0. The zero-order valence-electron chi connectivity index (χ0n) is 19.6. The van der Waals surface area contributed by atoms with Gasteiger partial charge in [0, 0.05) is 23.6 Å². The Hall–Kier alpha value is -4.52. The number of halogens is 4. The molecule has 0 unspecified atom stereocenters. The molecular weight excluding hydrogens is 524 g/mol. The van der Waals surface area contributed by atoms with Gasteiger partial charge in [-0.1, -0.05) is 12.1 Å². The molecule has 0 amide bonds. The van der Waals surface area contributed by atoms with Crippen LogP contribution in [0.5, 0.6) is 0 Å². The Labute approximate surface area is 213 Å². The first-order valence-corrected chi connectivity index (χ1v) is 12.9. The summed E-state index contributed by atoms with van der Waals surface area (Å²) in [6.45, 7) is 0. The second kappa shape index (κ2) is 9.10. The largest absolute Gasteiger partial charge is 0.383 e. The van der Waals surface area contributed by atoms with Crippen molar-refractivity contribution in [2.45, 2.75) is 11.3 Å². The fraction of sp³-hybridized carbons (Fsp3) is 0.0800.